The van der Waals surface area contributed by atoms with Gasteiger partial charge in [-0.3, -0.25) is 13.9 Å². The Morgan fingerprint density at radius 1 is 1.00 bits per heavy atom. The first kappa shape index (κ1) is 30.7. The summed E-state index contributed by atoms with van der Waals surface area (Å²) in [5, 5.41) is 3.26. The van der Waals surface area contributed by atoms with E-state index in [4.69, 9.17) is 11.6 Å². The second kappa shape index (κ2) is 13.5. The van der Waals surface area contributed by atoms with E-state index in [0.29, 0.717) is 16.3 Å². The minimum Gasteiger partial charge on any atom is -0.352 e. The average Bonchev–Trinajstić information content (AvgIpc) is 2.92. The van der Waals surface area contributed by atoms with Gasteiger partial charge >= 0.3 is 0 Å². The number of hydrogen-bond donors (Lipinski definition) is 1. The molecule has 0 saturated heterocycles. The van der Waals surface area contributed by atoms with Crippen molar-refractivity contribution in [3.05, 3.63) is 93.4 Å². The van der Waals surface area contributed by atoms with E-state index in [1.54, 1.807) is 44.2 Å². The van der Waals surface area contributed by atoms with E-state index in [1.165, 1.54) is 23.1 Å². The van der Waals surface area contributed by atoms with E-state index in [1.807, 2.05) is 38.1 Å². The predicted octanol–water partition coefficient (Wildman–Crippen LogP) is 5.94. The maximum Gasteiger partial charge on any atom is 0.264 e. The van der Waals surface area contributed by atoms with Gasteiger partial charge in [-0.1, -0.05) is 70.9 Å². The molecule has 2 amide bonds. The summed E-state index contributed by atoms with van der Waals surface area (Å²) >= 11 is 9.67. The molecule has 0 aromatic heterocycles. The minimum atomic E-state index is -4.15. The van der Waals surface area contributed by atoms with Crippen molar-refractivity contribution in [3.8, 4) is 0 Å². The Morgan fingerprint density at radius 2 is 1.64 bits per heavy atom. The SMILES string of the molecule is CC[C@H](C)NC(=O)[C@@H](C)N(Cc1ccc(Br)cc1)C(=O)CN(c1cc(Cl)ccc1C)S(=O)(=O)c1ccccc1. The molecule has 0 aliphatic heterocycles. The molecule has 0 saturated carbocycles. The molecule has 0 unspecified atom stereocenters. The number of halogens is 2. The van der Waals surface area contributed by atoms with E-state index in [9.17, 15) is 18.0 Å². The summed E-state index contributed by atoms with van der Waals surface area (Å²) in [6.45, 7) is 6.85. The molecule has 1 N–H and O–H groups in total. The number of carbonyl (C=O) groups excluding carboxylic acids is 2. The van der Waals surface area contributed by atoms with Gasteiger partial charge < -0.3 is 10.2 Å². The zero-order chi connectivity index (χ0) is 28.7. The highest BCUT2D eigenvalue weighted by Gasteiger charge is 2.33. The predicted molar refractivity (Wildman–Crippen MR) is 159 cm³/mol. The number of carbonyl (C=O) groups is 2. The number of anilines is 1. The lowest BCUT2D eigenvalue weighted by atomic mass is 10.1. The lowest BCUT2D eigenvalue weighted by Crippen LogP contribution is -2.52. The van der Waals surface area contributed by atoms with Crippen LogP contribution in [0.5, 0.6) is 0 Å². The molecule has 0 heterocycles. The number of nitrogens with zero attached hydrogens (tertiary/aromatic N) is 2. The summed E-state index contributed by atoms with van der Waals surface area (Å²) in [5.41, 5.74) is 1.72. The molecule has 0 aliphatic carbocycles. The van der Waals surface area contributed by atoms with Crippen LogP contribution in [0.2, 0.25) is 5.02 Å². The van der Waals surface area contributed by atoms with Crippen molar-refractivity contribution < 1.29 is 18.0 Å². The van der Waals surface area contributed by atoms with Gasteiger partial charge in [0.15, 0.2) is 0 Å². The molecular weight excluding hydrogens is 602 g/mol. The van der Waals surface area contributed by atoms with Gasteiger partial charge in [0.05, 0.1) is 10.6 Å². The van der Waals surface area contributed by atoms with Crippen molar-refractivity contribution in [1.82, 2.24) is 10.2 Å². The highest BCUT2D eigenvalue weighted by molar-refractivity contribution is 9.10. The van der Waals surface area contributed by atoms with Crippen LogP contribution in [0.1, 0.15) is 38.3 Å². The van der Waals surface area contributed by atoms with Gasteiger partial charge in [0.1, 0.15) is 12.6 Å². The maximum absolute atomic E-state index is 14.0. The first-order chi connectivity index (χ1) is 18.4. The topological polar surface area (TPSA) is 86.8 Å². The molecule has 3 aromatic rings. The molecule has 0 radical (unpaired) electrons. The van der Waals surface area contributed by atoms with Crippen molar-refractivity contribution in [3.63, 3.8) is 0 Å². The molecule has 3 rings (SSSR count). The van der Waals surface area contributed by atoms with E-state index >= 15 is 0 Å². The molecule has 0 aliphatic rings. The van der Waals surface area contributed by atoms with E-state index in [0.717, 1.165) is 20.8 Å². The Balaban J connectivity index is 2.05. The summed E-state index contributed by atoms with van der Waals surface area (Å²) in [5.74, 6) is -0.838. The van der Waals surface area contributed by atoms with Crippen LogP contribution in [-0.2, 0) is 26.2 Å². The zero-order valence-electron chi connectivity index (χ0n) is 22.4. The Bertz CT molecular complexity index is 1400. The molecule has 39 heavy (non-hydrogen) atoms. The lowest BCUT2D eigenvalue weighted by molar-refractivity contribution is -0.139. The molecule has 0 spiro atoms. The van der Waals surface area contributed by atoms with Gasteiger partial charge in [-0.2, -0.15) is 0 Å². The number of benzene rings is 3. The molecule has 7 nitrogen and oxygen atoms in total. The Morgan fingerprint density at radius 3 is 2.26 bits per heavy atom. The van der Waals surface area contributed by atoms with E-state index in [2.05, 4.69) is 21.2 Å². The highest BCUT2D eigenvalue weighted by atomic mass is 79.9. The third-order valence-corrected chi connectivity index (χ3v) is 9.02. The van der Waals surface area contributed by atoms with Crippen molar-refractivity contribution >= 4 is 55.1 Å². The molecule has 3 aromatic carbocycles. The minimum absolute atomic E-state index is 0.0409. The number of nitrogens with one attached hydrogen (secondary N) is 1. The third-order valence-electron chi connectivity index (χ3n) is 6.48. The summed E-state index contributed by atoms with van der Waals surface area (Å²) < 4.78 is 29.7. The first-order valence-electron chi connectivity index (χ1n) is 12.6. The zero-order valence-corrected chi connectivity index (χ0v) is 25.6. The van der Waals surface area contributed by atoms with Gasteiger partial charge in [0, 0.05) is 22.1 Å². The lowest BCUT2D eigenvalue weighted by Gasteiger charge is -2.33. The van der Waals surface area contributed by atoms with Gasteiger partial charge in [-0.15, -0.1) is 0 Å². The number of hydrogen-bond acceptors (Lipinski definition) is 4. The normalized spacial score (nSPS) is 12.9. The molecule has 2 atom stereocenters. The quantitative estimate of drug-likeness (QED) is 0.283. The standard InChI is InChI=1S/C29H33BrClN3O4S/c1-5-21(3)32-29(36)22(4)33(18-23-12-14-24(30)15-13-23)28(35)19-34(27-17-25(31)16-11-20(27)2)39(37,38)26-9-7-6-8-10-26/h6-17,21-22H,5,18-19H2,1-4H3,(H,32,36)/t21-,22+/m0/s1. The number of rotatable bonds is 11. The van der Waals surface area contributed by atoms with Gasteiger partial charge in [-0.05, 0) is 74.7 Å². The van der Waals surface area contributed by atoms with Crippen LogP contribution >= 0.6 is 27.5 Å². The van der Waals surface area contributed by atoms with Crippen LogP contribution < -0.4 is 9.62 Å². The average molecular weight is 635 g/mol. The second-order valence-electron chi connectivity index (χ2n) is 9.40. The molecule has 0 fully saturated rings. The van der Waals surface area contributed by atoms with Crippen LogP contribution in [-0.4, -0.2) is 43.8 Å². The monoisotopic (exact) mass is 633 g/mol. The van der Waals surface area contributed by atoms with Crippen LogP contribution in [0.25, 0.3) is 0 Å². The molecule has 208 valence electrons. The van der Waals surface area contributed by atoms with Gasteiger partial charge in [-0.25, -0.2) is 8.42 Å². The molecule has 0 bridgehead atoms. The molecule has 10 heteroatoms. The Labute approximate surface area is 244 Å². The van der Waals surface area contributed by atoms with Crippen LogP contribution in [0.3, 0.4) is 0 Å². The Hall–Kier alpha value is -2.88. The van der Waals surface area contributed by atoms with E-state index < -0.39 is 28.5 Å². The van der Waals surface area contributed by atoms with Crippen LogP contribution in [0, 0.1) is 6.92 Å². The van der Waals surface area contributed by atoms with Gasteiger partial charge in [0.25, 0.3) is 10.0 Å². The fourth-order valence-corrected chi connectivity index (χ4v) is 5.84. The van der Waals surface area contributed by atoms with Crippen molar-refractivity contribution in [1.29, 1.82) is 0 Å². The smallest absolute Gasteiger partial charge is 0.264 e. The highest BCUT2D eigenvalue weighted by Crippen LogP contribution is 2.30. The summed E-state index contributed by atoms with van der Waals surface area (Å²) in [6.07, 6.45) is 0.732. The van der Waals surface area contributed by atoms with E-state index in [-0.39, 0.29) is 23.4 Å². The number of sulfonamides is 1. The summed E-state index contributed by atoms with van der Waals surface area (Å²) in [6, 6.07) is 19.3. The first-order valence-corrected chi connectivity index (χ1v) is 15.2. The fourth-order valence-electron chi connectivity index (χ4n) is 3.92. The fraction of sp³-hybridized carbons (Fsp3) is 0.310. The van der Waals surface area contributed by atoms with Gasteiger partial charge in [0.2, 0.25) is 11.8 Å². The van der Waals surface area contributed by atoms with Crippen molar-refractivity contribution in [2.24, 2.45) is 0 Å². The summed E-state index contributed by atoms with van der Waals surface area (Å²) in [4.78, 5) is 28.5. The van der Waals surface area contributed by atoms with Crippen LogP contribution in [0.15, 0.2) is 82.2 Å². The maximum atomic E-state index is 14.0. The van der Waals surface area contributed by atoms with Crippen molar-refractivity contribution in [2.75, 3.05) is 10.8 Å². The van der Waals surface area contributed by atoms with Crippen LogP contribution in [0.4, 0.5) is 5.69 Å². The largest absolute Gasteiger partial charge is 0.352 e. The number of aryl methyl sites for hydroxylation is 1. The molecular formula is C29H33BrClN3O4S. The Kier molecular flexibility index (Phi) is 10.6. The summed E-state index contributed by atoms with van der Waals surface area (Å²) in [7, 11) is -4.15. The number of amides is 2. The second-order valence-corrected chi connectivity index (χ2v) is 12.6. The third kappa shape index (κ3) is 7.84. The van der Waals surface area contributed by atoms with Crippen molar-refractivity contribution in [2.45, 2.75) is 57.6 Å².